The number of nitrogens with zero attached hydrogens (tertiary/aromatic N) is 1. The van der Waals surface area contributed by atoms with Crippen LogP contribution in [0.1, 0.15) is 23.2 Å². The van der Waals surface area contributed by atoms with Crippen molar-refractivity contribution in [3.63, 3.8) is 0 Å². The zero-order valence-electron chi connectivity index (χ0n) is 13.1. The van der Waals surface area contributed by atoms with Gasteiger partial charge in [0.2, 0.25) is 5.91 Å². The van der Waals surface area contributed by atoms with E-state index in [2.05, 4.69) is 10.6 Å². The van der Waals surface area contributed by atoms with E-state index in [0.717, 1.165) is 19.4 Å². The van der Waals surface area contributed by atoms with Crippen LogP contribution in [-0.4, -0.2) is 56.6 Å². The molecule has 0 saturated carbocycles. The first kappa shape index (κ1) is 16.5. The maximum Gasteiger partial charge on any atom is 0.253 e. The highest BCUT2D eigenvalue weighted by molar-refractivity contribution is 5.95. The summed E-state index contributed by atoms with van der Waals surface area (Å²) in [5.41, 5.74) is 1.28. The molecule has 1 unspecified atom stereocenters. The Morgan fingerprint density at radius 2 is 2.00 bits per heavy atom. The van der Waals surface area contributed by atoms with Crippen molar-refractivity contribution >= 4 is 17.5 Å². The van der Waals surface area contributed by atoms with E-state index in [4.69, 9.17) is 4.74 Å². The summed E-state index contributed by atoms with van der Waals surface area (Å²) in [4.78, 5) is 25.1. The van der Waals surface area contributed by atoms with Crippen LogP contribution in [0.2, 0.25) is 0 Å². The molecule has 1 aliphatic heterocycles. The fourth-order valence-electron chi connectivity index (χ4n) is 2.31. The van der Waals surface area contributed by atoms with Crippen LogP contribution >= 0.6 is 0 Å². The van der Waals surface area contributed by atoms with Crippen LogP contribution in [0, 0.1) is 0 Å². The van der Waals surface area contributed by atoms with Gasteiger partial charge in [0, 0.05) is 38.5 Å². The summed E-state index contributed by atoms with van der Waals surface area (Å²) in [5, 5.41) is 5.89. The van der Waals surface area contributed by atoms with E-state index in [1.54, 1.807) is 38.4 Å². The van der Waals surface area contributed by atoms with E-state index in [1.165, 1.54) is 4.90 Å². The normalized spacial score (nSPS) is 17.3. The third-order valence-corrected chi connectivity index (χ3v) is 3.50. The van der Waals surface area contributed by atoms with Crippen molar-refractivity contribution in [1.82, 2.24) is 10.2 Å². The number of hydrogen-bond donors (Lipinski definition) is 2. The largest absolute Gasteiger partial charge is 0.377 e. The Hall–Kier alpha value is -1.92. The second-order valence-electron chi connectivity index (χ2n) is 5.59. The van der Waals surface area contributed by atoms with Crippen LogP contribution in [0.25, 0.3) is 0 Å². The number of benzene rings is 1. The maximum atomic E-state index is 11.8. The number of carbonyl (C=O) groups is 2. The molecule has 1 atom stereocenters. The van der Waals surface area contributed by atoms with E-state index < -0.39 is 0 Å². The molecule has 1 aliphatic rings. The second kappa shape index (κ2) is 7.91. The summed E-state index contributed by atoms with van der Waals surface area (Å²) in [6.45, 7) is 1.76. The van der Waals surface area contributed by atoms with E-state index in [-0.39, 0.29) is 24.5 Å². The smallest absolute Gasteiger partial charge is 0.253 e. The van der Waals surface area contributed by atoms with Crippen molar-refractivity contribution in [3.8, 4) is 0 Å². The average Bonchev–Trinajstić information content (AvgIpc) is 3.00. The van der Waals surface area contributed by atoms with Crippen molar-refractivity contribution in [2.75, 3.05) is 39.1 Å². The molecule has 120 valence electrons. The highest BCUT2D eigenvalue weighted by Crippen LogP contribution is 2.11. The fraction of sp³-hybridized carbons (Fsp3) is 0.500. The Morgan fingerprint density at radius 1 is 1.27 bits per heavy atom. The molecule has 22 heavy (non-hydrogen) atoms. The molecule has 1 saturated heterocycles. The Kier molecular flexibility index (Phi) is 5.91. The number of amides is 2. The Morgan fingerprint density at radius 3 is 2.59 bits per heavy atom. The minimum atomic E-state index is -0.107. The summed E-state index contributed by atoms with van der Waals surface area (Å²) in [6, 6.07) is 6.87. The van der Waals surface area contributed by atoms with Gasteiger partial charge in [0.15, 0.2) is 0 Å². The number of carbonyl (C=O) groups excluding carboxylic acids is 2. The lowest BCUT2D eigenvalue weighted by Gasteiger charge is -2.12. The summed E-state index contributed by atoms with van der Waals surface area (Å²) < 4.78 is 5.48. The molecule has 0 spiro atoms. The molecule has 2 amide bonds. The van der Waals surface area contributed by atoms with Gasteiger partial charge in [0.05, 0.1) is 12.6 Å². The van der Waals surface area contributed by atoms with Crippen LogP contribution in [0.3, 0.4) is 0 Å². The number of rotatable bonds is 6. The molecule has 2 rings (SSSR count). The third-order valence-electron chi connectivity index (χ3n) is 3.50. The van der Waals surface area contributed by atoms with E-state index in [1.807, 2.05) is 0 Å². The molecule has 1 fully saturated rings. The van der Waals surface area contributed by atoms with Crippen LogP contribution in [-0.2, 0) is 9.53 Å². The molecule has 0 aliphatic carbocycles. The first-order valence-corrected chi connectivity index (χ1v) is 7.50. The Labute approximate surface area is 130 Å². The molecule has 0 radical (unpaired) electrons. The molecule has 6 heteroatoms. The molecule has 1 heterocycles. The summed E-state index contributed by atoms with van der Waals surface area (Å²) in [5.74, 6) is -0.166. The lowest BCUT2D eigenvalue weighted by molar-refractivity contribution is -0.115. The number of ether oxygens (including phenoxy) is 1. The quantitative estimate of drug-likeness (QED) is 0.825. The van der Waals surface area contributed by atoms with Crippen molar-refractivity contribution in [2.24, 2.45) is 0 Å². The highest BCUT2D eigenvalue weighted by atomic mass is 16.5. The van der Waals surface area contributed by atoms with Gasteiger partial charge in [-0.1, -0.05) is 0 Å². The van der Waals surface area contributed by atoms with Gasteiger partial charge >= 0.3 is 0 Å². The van der Waals surface area contributed by atoms with Crippen molar-refractivity contribution < 1.29 is 14.3 Å². The van der Waals surface area contributed by atoms with Gasteiger partial charge in [-0.25, -0.2) is 0 Å². The molecule has 1 aromatic rings. The Balaban J connectivity index is 1.75. The van der Waals surface area contributed by atoms with Gasteiger partial charge in [0.1, 0.15) is 0 Å². The van der Waals surface area contributed by atoms with Gasteiger partial charge in [0.25, 0.3) is 5.91 Å². The minimum absolute atomic E-state index is 0.0592. The fourth-order valence-corrected chi connectivity index (χ4v) is 2.31. The van der Waals surface area contributed by atoms with Crippen LogP contribution < -0.4 is 10.6 Å². The lowest BCUT2D eigenvalue weighted by Crippen LogP contribution is -2.33. The standard InChI is InChI=1S/C16H23N3O3/c1-19(2)16(21)12-5-7-13(8-6-12)18-15(20)11-17-10-14-4-3-9-22-14/h5-8,14,17H,3-4,9-11H2,1-2H3,(H,18,20). The van der Waals surface area contributed by atoms with Crippen LogP contribution in [0.5, 0.6) is 0 Å². The first-order valence-electron chi connectivity index (χ1n) is 7.50. The van der Waals surface area contributed by atoms with Crippen molar-refractivity contribution in [1.29, 1.82) is 0 Å². The van der Waals surface area contributed by atoms with Crippen LogP contribution in [0.4, 0.5) is 5.69 Å². The monoisotopic (exact) mass is 305 g/mol. The molecule has 2 N–H and O–H groups in total. The Bertz CT molecular complexity index is 508. The number of anilines is 1. The molecular weight excluding hydrogens is 282 g/mol. The molecular formula is C16H23N3O3. The van der Waals surface area contributed by atoms with Crippen molar-refractivity contribution in [2.45, 2.75) is 18.9 Å². The van der Waals surface area contributed by atoms with Gasteiger partial charge < -0.3 is 20.3 Å². The van der Waals surface area contributed by atoms with E-state index >= 15 is 0 Å². The minimum Gasteiger partial charge on any atom is -0.377 e. The SMILES string of the molecule is CN(C)C(=O)c1ccc(NC(=O)CNCC2CCCO2)cc1. The molecule has 1 aromatic carbocycles. The molecule has 6 nitrogen and oxygen atoms in total. The third kappa shape index (κ3) is 4.82. The predicted octanol–water partition coefficient (Wildman–Crippen LogP) is 1.10. The van der Waals surface area contributed by atoms with Gasteiger partial charge in [-0.05, 0) is 37.1 Å². The maximum absolute atomic E-state index is 11.8. The van der Waals surface area contributed by atoms with Crippen molar-refractivity contribution in [3.05, 3.63) is 29.8 Å². The second-order valence-corrected chi connectivity index (χ2v) is 5.59. The summed E-state index contributed by atoms with van der Waals surface area (Å²) in [7, 11) is 3.41. The summed E-state index contributed by atoms with van der Waals surface area (Å²) in [6.07, 6.45) is 2.37. The van der Waals surface area contributed by atoms with Gasteiger partial charge in [-0.3, -0.25) is 9.59 Å². The van der Waals surface area contributed by atoms with Gasteiger partial charge in [-0.2, -0.15) is 0 Å². The van der Waals surface area contributed by atoms with Crippen LogP contribution in [0.15, 0.2) is 24.3 Å². The van der Waals surface area contributed by atoms with Gasteiger partial charge in [-0.15, -0.1) is 0 Å². The average molecular weight is 305 g/mol. The molecule has 0 bridgehead atoms. The zero-order valence-corrected chi connectivity index (χ0v) is 13.1. The first-order chi connectivity index (χ1) is 10.6. The summed E-state index contributed by atoms with van der Waals surface area (Å²) >= 11 is 0. The zero-order chi connectivity index (χ0) is 15.9. The van der Waals surface area contributed by atoms with E-state index in [9.17, 15) is 9.59 Å². The van der Waals surface area contributed by atoms with E-state index in [0.29, 0.717) is 17.8 Å². The highest BCUT2D eigenvalue weighted by Gasteiger charge is 2.15. The predicted molar refractivity (Wildman–Crippen MR) is 84.9 cm³/mol. The number of nitrogens with one attached hydrogen (secondary N) is 2. The topological polar surface area (TPSA) is 70.7 Å². The lowest BCUT2D eigenvalue weighted by atomic mass is 10.2. The number of hydrogen-bond acceptors (Lipinski definition) is 4. The molecule has 0 aromatic heterocycles.